The molecule has 0 bridgehead atoms. The molecule has 3 aliphatic rings. The summed E-state index contributed by atoms with van der Waals surface area (Å²) in [6.45, 7) is 6.17. The van der Waals surface area contributed by atoms with E-state index in [0.29, 0.717) is 28.5 Å². The Morgan fingerprint density at radius 3 is 2.76 bits per heavy atom. The van der Waals surface area contributed by atoms with Crippen molar-refractivity contribution in [1.82, 2.24) is 24.8 Å². The molecule has 0 amide bonds. The van der Waals surface area contributed by atoms with Gasteiger partial charge >= 0.3 is 0 Å². The predicted octanol–water partition coefficient (Wildman–Crippen LogP) is 3.08. The highest BCUT2D eigenvalue weighted by atomic mass is 35.5. The molecule has 9 nitrogen and oxygen atoms in total. The Labute approximate surface area is 225 Å². The Hall–Kier alpha value is -2.24. The Bertz CT molecular complexity index is 1340. The summed E-state index contributed by atoms with van der Waals surface area (Å²) in [7, 11) is 0. The topological polar surface area (TPSA) is 111 Å². The first kappa shape index (κ1) is 25.1. The van der Waals surface area contributed by atoms with Crippen molar-refractivity contribution in [2.45, 2.75) is 67.3 Å². The normalized spacial score (nSPS) is 25.4. The van der Waals surface area contributed by atoms with Crippen LogP contribution in [0, 0.1) is 5.41 Å². The number of piperidine rings is 1. The van der Waals surface area contributed by atoms with Gasteiger partial charge in [0, 0.05) is 42.0 Å². The first-order valence-electron chi connectivity index (χ1n) is 13.0. The number of fused-ring (bicyclic) bond motifs is 1. The maximum atomic E-state index is 13.2. The number of nitrogens with two attached hydrogens (primary N) is 1. The van der Waals surface area contributed by atoms with Crippen molar-refractivity contribution < 1.29 is 4.74 Å². The summed E-state index contributed by atoms with van der Waals surface area (Å²) in [5, 5.41) is 5.00. The van der Waals surface area contributed by atoms with Gasteiger partial charge in [0.05, 0.1) is 47.4 Å². The number of nitrogens with one attached hydrogen (secondary N) is 1. The Morgan fingerprint density at radius 2 is 2.08 bits per heavy atom. The summed E-state index contributed by atoms with van der Waals surface area (Å²) in [5.74, 6) is 0.858. The molecular formula is C26H32ClN7O2S. The van der Waals surface area contributed by atoms with Gasteiger partial charge in [0.1, 0.15) is 10.8 Å². The van der Waals surface area contributed by atoms with E-state index in [4.69, 9.17) is 22.1 Å². The molecule has 1 aromatic carbocycles. The van der Waals surface area contributed by atoms with Gasteiger partial charge in [-0.25, -0.2) is 15.0 Å². The van der Waals surface area contributed by atoms with Crippen molar-refractivity contribution in [2.24, 2.45) is 11.1 Å². The number of hydrogen-bond donors (Lipinski definition) is 2. The molecule has 3 saturated heterocycles. The SMILES string of the molecule is C[C@@H]1OCC2(CCN(c3cnc(Sc4ccc5ncn(CC6CCCN6)c(=O)c5c4Cl)cn3)CC2)[C@@H]1N. The van der Waals surface area contributed by atoms with E-state index in [-0.39, 0.29) is 23.1 Å². The number of anilines is 1. The van der Waals surface area contributed by atoms with E-state index in [9.17, 15) is 4.79 Å². The average Bonchev–Trinajstić information content (AvgIpc) is 3.53. The Morgan fingerprint density at radius 1 is 1.24 bits per heavy atom. The molecule has 1 spiro atoms. The van der Waals surface area contributed by atoms with Gasteiger partial charge in [0.2, 0.25) is 0 Å². The van der Waals surface area contributed by atoms with Crippen LogP contribution in [0.4, 0.5) is 5.82 Å². The number of halogens is 1. The monoisotopic (exact) mass is 541 g/mol. The zero-order chi connectivity index (χ0) is 25.6. The molecule has 37 heavy (non-hydrogen) atoms. The lowest BCUT2D eigenvalue weighted by Crippen LogP contribution is -2.50. The smallest absolute Gasteiger partial charge is 0.262 e. The minimum absolute atomic E-state index is 0.0764. The van der Waals surface area contributed by atoms with Crippen molar-refractivity contribution in [3.8, 4) is 0 Å². The zero-order valence-electron chi connectivity index (χ0n) is 20.9. The second-order valence-corrected chi connectivity index (χ2v) is 11.9. The molecule has 2 aromatic heterocycles. The van der Waals surface area contributed by atoms with E-state index in [2.05, 4.69) is 32.1 Å². The van der Waals surface area contributed by atoms with Gasteiger partial charge in [0.25, 0.3) is 5.56 Å². The molecule has 0 saturated carbocycles. The highest BCUT2D eigenvalue weighted by Crippen LogP contribution is 2.42. The third-order valence-corrected chi connectivity index (χ3v) is 9.72. The maximum Gasteiger partial charge on any atom is 0.262 e. The fourth-order valence-electron chi connectivity index (χ4n) is 5.84. The van der Waals surface area contributed by atoms with Gasteiger partial charge in [0.15, 0.2) is 0 Å². The highest BCUT2D eigenvalue weighted by molar-refractivity contribution is 7.99. The summed E-state index contributed by atoms with van der Waals surface area (Å²) in [5.41, 5.74) is 7.01. The van der Waals surface area contributed by atoms with Gasteiger partial charge in [-0.15, -0.1) is 0 Å². The molecule has 3 aromatic rings. The molecule has 196 valence electrons. The van der Waals surface area contributed by atoms with E-state index in [1.54, 1.807) is 17.1 Å². The van der Waals surface area contributed by atoms with Crippen LogP contribution < -0.4 is 21.5 Å². The Kier molecular flexibility index (Phi) is 6.87. The molecule has 6 rings (SSSR count). The van der Waals surface area contributed by atoms with E-state index in [1.807, 2.05) is 18.3 Å². The van der Waals surface area contributed by atoms with Crippen molar-refractivity contribution >= 4 is 40.1 Å². The van der Waals surface area contributed by atoms with Crippen molar-refractivity contribution in [3.63, 3.8) is 0 Å². The standard InChI is InChI=1S/C26H32ClN7O2S/c1-16-24(28)26(14-36-16)6-9-33(10-7-26)20-11-31-21(12-30-20)37-19-5-4-18-22(23(19)27)25(35)34(15-32-18)13-17-3-2-8-29-17/h4-5,11-12,15-17,24,29H,2-3,6-10,13-14,28H2,1H3/t16-,17?,24+/m0/s1. The lowest BCUT2D eigenvalue weighted by atomic mass is 9.73. The van der Waals surface area contributed by atoms with Crippen molar-refractivity contribution in [3.05, 3.63) is 46.2 Å². The van der Waals surface area contributed by atoms with Crippen molar-refractivity contribution in [1.29, 1.82) is 0 Å². The van der Waals surface area contributed by atoms with Crippen LogP contribution in [0.15, 0.2) is 45.6 Å². The van der Waals surface area contributed by atoms with Crippen LogP contribution in [0.2, 0.25) is 5.02 Å². The minimum atomic E-state index is -0.114. The second kappa shape index (κ2) is 10.1. The third kappa shape index (κ3) is 4.74. The quantitative estimate of drug-likeness (QED) is 0.503. The minimum Gasteiger partial charge on any atom is -0.376 e. The lowest BCUT2D eigenvalue weighted by Gasteiger charge is -2.41. The first-order chi connectivity index (χ1) is 17.9. The predicted molar refractivity (Wildman–Crippen MR) is 145 cm³/mol. The van der Waals surface area contributed by atoms with Crippen LogP contribution in [0.5, 0.6) is 0 Å². The summed E-state index contributed by atoms with van der Waals surface area (Å²) < 4.78 is 7.50. The van der Waals surface area contributed by atoms with Gasteiger partial charge in [-0.05, 0) is 51.3 Å². The van der Waals surface area contributed by atoms with Crippen LogP contribution in [0.3, 0.4) is 0 Å². The van der Waals surface area contributed by atoms with Crippen LogP contribution in [0.25, 0.3) is 10.9 Å². The second-order valence-electron chi connectivity index (χ2n) is 10.5. The average molecular weight is 542 g/mol. The van der Waals surface area contributed by atoms with E-state index in [0.717, 1.165) is 67.7 Å². The Balaban J connectivity index is 1.16. The van der Waals surface area contributed by atoms with Crippen LogP contribution in [-0.4, -0.2) is 63.9 Å². The third-order valence-electron chi connectivity index (χ3n) is 8.23. The molecule has 3 fully saturated rings. The van der Waals surface area contributed by atoms with Crippen LogP contribution >= 0.6 is 23.4 Å². The van der Waals surface area contributed by atoms with E-state index < -0.39 is 0 Å². The van der Waals surface area contributed by atoms with Crippen molar-refractivity contribution in [2.75, 3.05) is 31.1 Å². The molecule has 11 heteroatoms. The lowest BCUT2D eigenvalue weighted by molar-refractivity contribution is 0.0974. The number of aromatic nitrogens is 4. The summed E-state index contributed by atoms with van der Waals surface area (Å²) in [4.78, 5) is 30.1. The number of hydrogen-bond acceptors (Lipinski definition) is 9. The number of ether oxygens (including phenoxy) is 1. The molecule has 0 radical (unpaired) electrons. The van der Waals surface area contributed by atoms with E-state index in [1.165, 1.54) is 11.8 Å². The highest BCUT2D eigenvalue weighted by Gasteiger charge is 2.47. The first-order valence-corrected chi connectivity index (χ1v) is 14.2. The zero-order valence-corrected chi connectivity index (χ0v) is 22.5. The van der Waals surface area contributed by atoms with Gasteiger partial charge in [-0.2, -0.15) is 0 Å². The molecule has 3 N–H and O–H groups in total. The molecule has 5 heterocycles. The summed E-state index contributed by atoms with van der Waals surface area (Å²) in [6.07, 6.45) is 9.49. The van der Waals surface area contributed by atoms with Gasteiger partial charge in [-0.3, -0.25) is 9.36 Å². The largest absolute Gasteiger partial charge is 0.376 e. The fraction of sp³-hybridized carbons (Fsp3) is 0.538. The molecule has 3 atom stereocenters. The van der Waals surface area contributed by atoms with E-state index >= 15 is 0 Å². The summed E-state index contributed by atoms with van der Waals surface area (Å²) in [6, 6.07) is 4.11. The number of benzene rings is 1. The molecule has 3 aliphatic heterocycles. The number of nitrogens with zero attached hydrogens (tertiary/aromatic N) is 5. The fourth-order valence-corrected chi connectivity index (χ4v) is 6.96. The number of rotatable bonds is 5. The molecular weight excluding hydrogens is 510 g/mol. The maximum absolute atomic E-state index is 13.2. The van der Waals surface area contributed by atoms with Crippen LogP contribution in [0.1, 0.15) is 32.6 Å². The molecule has 0 aliphatic carbocycles. The summed E-state index contributed by atoms with van der Waals surface area (Å²) >= 11 is 8.16. The van der Waals surface area contributed by atoms with Gasteiger partial charge < -0.3 is 20.7 Å². The van der Waals surface area contributed by atoms with Crippen LogP contribution in [-0.2, 0) is 11.3 Å². The molecule has 1 unspecified atom stereocenters. The van der Waals surface area contributed by atoms with Gasteiger partial charge in [-0.1, -0.05) is 23.4 Å².